The minimum atomic E-state index is -0.564. The van der Waals surface area contributed by atoms with E-state index in [1.54, 1.807) is 27.9 Å². The van der Waals surface area contributed by atoms with Gasteiger partial charge in [-0.1, -0.05) is 48.5 Å². The summed E-state index contributed by atoms with van der Waals surface area (Å²) in [6.07, 6.45) is 0. The molecule has 33 heavy (non-hydrogen) atoms. The predicted octanol–water partition coefficient (Wildman–Crippen LogP) is 5.41. The molecule has 0 spiro atoms. The Hall–Kier alpha value is -3.10. The van der Waals surface area contributed by atoms with Crippen LogP contribution in [0.3, 0.4) is 0 Å². The van der Waals surface area contributed by atoms with E-state index < -0.39 is 11.2 Å². The van der Waals surface area contributed by atoms with Gasteiger partial charge in [0.2, 0.25) is 5.91 Å². The number of nitrogens with one attached hydrogen (secondary N) is 1. The third-order valence-electron chi connectivity index (χ3n) is 4.80. The molecule has 0 saturated heterocycles. The van der Waals surface area contributed by atoms with Gasteiger partial charge in [0.1, 0.15) is 10.3 Å². The van der Waals surface area contributed by atoms with Crippen LogP contribution in [0.4, 0.5) is 5.00 Å². The maximum absolute atomic E-state index is 13.5. The summed E-state index contributed by atoms with van der Waals surface area (Å²) in [5.74, 6) is -1.08. The number of esters is 1. The largest absolute Gasteiger partial charge is 0.462 e. The van der Waals surface area contributed by atoms with Gasteiger partial charge in [-0.3, -0.25) is 9.59 Å². The number of thiophene rings is 1. The maximum Gasteiger partial charge on any atom is 0.341 e. The Morgan fingerprint density at radius 2 is 1.64 bits per heavy atom. The topological polar surface area (TPSA) is 75.7 Å². The standard InChI is InChI=1S/C25H26N2O4S2/c1-5-31-25(30)19-16(2)20(24(29)27(3)4)33-23(19)26-22(28)21(17-12-8-6-9-13-17)32-18-14-10-7-11-15-18/h6-15,21H,5H2,1-4H3,(H,26,28)/t21-/m1/s1. The highest BCUT2D eigenvalue weighted by Gasteiger charge is 2.30. The van der Waals surface area contributed by atoms with Crippen molar-refractivity contribution in [3.05, 3.63) is 82.2 Å². The summed E-state index contributed by atoms with van der Waals surface area (Å²) >= 11 is 2.51. The summed E-state index contributed by atoms with van der Waals surface area (Å²) in [5, 5.41) is 2.67. The zero-order valence-electron chi connectivity index (χ0n) is 19.0. The average Bonchev–Trinajstić information content (AvgIpc) is 3.13. The first-order valence-corrected chi connectivity index (χ1v) is 12.1. The van der Waals surface area contributed by atoms with Crippen molar-refractivity contribution in [3.63, 3.8) is 0 Å². The summed E-state index contributed by atoms with van der Waals surface area (Å²) in [6, 6.07) is 19.1. The molecule has 0 saturated carbocycles. The Bertz CT molecular complexity index is 1130. The second-order valence-corrected chi connectivity index (χ2v) is 9.59. The molecule has 3 rings (SSSR count). The highest BCUT2D eigenvalue weighted by Crippen LogP contribution is 2.39. The Morgan fingerprint density at radius 3 is 2.21 bits per heavy atom. The highest BCUT2D eigenvalue weighted by molar-refractivity contribution is 8.00. The Morgan fingerprint density at radius 1 is 1.03 bits per heavy atom. The highest BCUT2D eigenvalue weighted by atomic mass is 32.2. The first-order chi connectivity index (χ1) is 15.8. The zero-order valence-corrected chi connectivity index (χ0v) is 20.6. The maximum atomic E-state index is 13.5. The lowest BCUT2D eigenvalue weighted by Gasteiger charge is -2.17. The van der Waals surface area contributed by atoms with Crippen molar-refractivity contribution in [3.8, 4) is 0 Å². The van der Waals surface area contributed by atoms with Gasteiger partial charge in [-0.2, -0.15) is 0 Å². The molecule has 0 aliphatic rings. The van der Waals surface area contributed by atoms with Crippen LogP contribution in [0.1, 0.15) is 43.3 Å². The minimum Gasteiger partial charge on any atom is -0.462 e. The number of hydrogen-bond donors (Lipinski definition) is 1. The third kappa shape index (κ3) is 5.83. The van der Waals surface area contributed by atoms with Gasteiger partial charge in [0.15, 0.2) is 0 Å². The summed E-state index contributed by atoms with van der Waals surface area (Å²) < 4.78 is 5.21. The fourth-order valence-electron chi connectivity index (χ4n) is 3.17. The van der Waals surface area contributed by atoms with Crippen molar-refractivity contribution < 1.29 is 19.1 Å². The predicted molar refractivity (Wildman–Crippen MR) is 133 cm³/mol. The molecule has 0 fully saturated rings. The Kier molecular flexibility index (Phi) is 8.30. The van der Waals surface area contributed by atoms with Crippen molar-refractivity contribution in [1.29, 1.82) is 0 Å². The SMILES string of the molecule is CCOC(=O)c1c(NC(=O)[C@H](Sc2ccccc2)c2ccccc2)sc(C(=O)N(C)C)c1C. The van der Waals surface area contributed by atoms with Crippen LogP contribution in [0.2, 0.25) is 0 Å². The van der Waals surface area contributed by atoms with Crippen molar-refractivity contribution in [1.82, 2.24) is 4.90 Å². The smallest absolute Gasteiger partial charge is 0.341 e. The van der Waals surface area contributed by atoms with Gasteiger partial charge >= 0.3 is 5.97 Å². The normalized spacial score (nSPS) is 11.5. The Labute approximate surface area is 202 Å². The molecule has 0 bridgehead atoms. The van der Waals surface area contributed by atoms with Crippen LogP contribution in [0.25, 0.3) is 0 Å². The molecule has 1 N–H and O–H groups in total. The number of nitrogens with zero attached hydrogens (tertiary/aromatic N) is 1. The number of benzene rings is 2. The lowest BCUT2D eigenvalue weighted by atomic mass is 10.1. The monoisotopic (exact) mass is 482 g/mol. The minimum absolute atomic E-state index is 0.189. The van der Waals surface area contributed by atoms with Gasteiger partial charge in [-0.05, 0) is 37.1 Å². The van der Waals surface area contributed by atoms with Crippen molar-refractivity contribution in [2.75, 3.05) is 26.0 Å². The first kappa shape index (κ1) is 24.5. The number of thioether (sulfide) groups is 1. The van der Waals surface area contributed by atoms with Crippen molar-refractivity contribution >= 4 is 45.9 Å². The van der Waals surface area contributed by atoms with Crippen LogP contribution in [0.15, 0.2) is 65.6 Å². The molecule has 0 aliphatic carbocycles. The summed E-state index contributed by atoms with van der Waals surface area (Å²) in [7, 11) is 3.29. The van der Waals surface area contributed by atoms with E-state index in [9.17, 15) is 14.4 Å². The number of anilines is 1. The fraction of sp³-hybridized carbons (Fsp3) is 0.240. The van der Waals surface area contributed by atoms with Gasteiger partial charge in [0.05, 0.1) is 17.0 Å². The van der Waals surface area contributed by atoms with Gasteiger partial charge in [0, 0.05) is 19.0 Å². The van der Waals surface area contributed by atoms with E-state index in [-0.39, 0.29) is 24.0 Å². The van der Waals surface area contributed by atoms with Crippen LogP contribution < -0.4 is 5.32 Å². The Balaban J connectivity index is 1.99. The van der Waals surface area contributed by atoms with Crippen LogP contribution in [-0.2, 0) is 9.53 Å². The van der Waals surface area contributed by atoms with Crippen molar-refractivity contribution in [2.45, 2.75) is 24.0 Å². The third-order valence-corrected chi connectivity index (χ3v) is 7.26. The molecule has 0 unspecified atom stereocenters. The molecular weight excluding hydrogens is 456 g/mol. The molecule has 0 radical (unpaired) electrons. The van der Waals surface area contributed by atoms with Crippen LogP contribution in [0, 0.1) is 6.92 Å². The molecule has 1 atom stereocenters. The first-order valence-electron chi connectivity index (χ1n) is 10.4. The average molecular weight is 483 g/mol. The van der Waals surface area contributed by atoms with E-state index in [0.717, 1.165) is 21.8 Å². The molecule has 2 aromatic carbocycles. The van der Waals surface area contributed by atoms with Gasteiger partial charge in [-0.25, -0.2) is 4.79 Å². The number of amides is 2. The second-order valence-electron chi connectivity index (χ2n) is 7.39. The number of hydrogen-bond acceptors (Lipinski definition) is 6. The van der Waals surface area contributed by atoms with E-state index in [1.807, 2.05) is 60.7 Å². The lowest BCUT2D eigenvalue weighted by Crippen LogP contribution is -2.21. The molecule has 3 aromatic rings. The summed E-state index contributed by atoms with van der Waals surface area (Å²) in [6.45, 7) is 3.60. The van der Waals surface area contributed by atoms with E-state index >= 15 is 0 Å². The molecule has 1 aromatic heterocycles. The summed E-state index contributed by atoms with van der Waals surface area (Å²) in [5.41, 5.74) is 1.55. The van der Waals surface area contributed by atoms with E-state index in [2.05, 4.69) is 5.32 Å². The second kappa shape index (κ2) is 11.2. The zero-order chi connectivity index (χ0) is 24.0. The molecule has 0 aliphatic heterocycles. The molecule has 2 amide bonds. The van der Waals surface area contributed by atoms with E-state index in [0.29, 0.717) is 15.4 Å². The van der Waals surface area contributed by atoms with Crippen LogP contribution in [0.5, 0.6) is 0 Å². The molecule has 8 heteroatoms. The van der Waals surface area contributed by atoms with Gasteiger partial charge < -0.3 is 15.0 Å². The van der Waals surface area contributed by atoms with Gasteiger partial charge in [0.25, 0.3) is 5.91 Å². The van der Waals surface area contributed by atoms with Crippen LogP contribution >= 0.6 is 23.1 Å². The van der Waals surface area contributed by atoms with Crippen molar-refractivity contribution in [2.24, 2.45) is 0 Å². The molecular formula is C25H26N2O4S2. The molecule has 6 nitrogen and oxygen atoms in total. The quantitative estimate of drug-likeness (QED) is 0.343. The van der Waals surface area contributed by atoms with Crippen LogP contribution in [-0.4, -0.2) is 43.4 Å². The van der Waals surface area contributed by atoms with Gasteiger partial charge in [-0.15, -0.1) is 23.1 Å². The molecule has 172 valence electrons. The number of carbonyl (C=O) groups is 3. The van der Waals surface area contributed by atoms with E-state index in [1.165, 1.54) is 16.7 Å². The number of carbonyl (C=O) groups excluding carboxylic acids is 3. The number of ether oxygens (including phenoxy) is 1. The molecule has 1 heterocycles. The summed E-state index contributed by atoms with van der Waals surface area (Å²) in [4.78, 5) is 41.6. The van der Waals surface area contributed by atoms with E-state index in [4.69, 9.17) is 4.74 Å². The lowest BCUT2D eigenvalue weighted by molar-refractivity contribution is -0.115. The fourth-order valence-corrected chi connectivity index (χ4v) is 5.44. The number of rotatable bonds is 8.